The number of aliphatic hydroxyl groups excluding tert-OH is 6. The Balaban J connectivity index is 2.73. The van der Waals surface area contributed by atoms with Crippen LogP contribution in [0.25, 0.3) is 0 Å². The molecule has 412 valence electrons. The van der Waals surface area contributed by atoms with E-state index >= 15 is 0 Å². The van der Waals surface area contributed by atoms with Gasteiger partial charge < -0.3 is 54.8 Å². The van der Waals surface area contributed by atoms with Gasteiger partial charge in [-0.2, -0.15) is 0 Å². The average Bonchev–Trinajstić information content (AvgIpc) is 3.34. The lowest BCUT2D eigenvalue weighted by molar-refractivity contribution is -0.216. The van der Waals surface area contributed by atoms with E-state index in [2.05, 4.69) is 47.9 Å². The fraction of sp³-hybridized carbons (Fsp3) is 0.547. The van der Waals surface area contributed by atoms with Crippen LogP contribution in [0.1, 0.15) is 117 Å². The van der Waals surface area contributed by atoms with Gasteiger partial charge in [-0.05, 0) is 77.0 Å². The van der Waals surface area contributed by atoms with Crippen LogP contribution in [0.2, 0.25) is 0 Å². The number of rotatable bonds is 39. The number of ether oxygens (including phenoxy) is 2. The Kier molecular flexibility index (Phi) is 38.0. The third-order valence-corrected chi connectivity index (χ3v) is 11.9. The number of allylic oxidation sites excluding steroid dienone is 18. The molecule has 0 aromatic heterocycles. The maximum absolute atomic E-state index is 13.0. The van der Waals surface area contributed by atoms with E-state index in [0.29, 0.717) is 32.1 Å². The van der Waals surface area contributed by atoms with E-state index in [-0.39, 0.29) is 19.3 Å². The molecule has 10 atom stereocenters. The van der Waals surface area contributed by atoms with E-state index in [4.69, 9.17) is 18.5 Å². The molecule has 5 unspecified atom stereocenters. The van der Waals surface area contributed by atoms with Gasteiger partial charge in [-0.15, -0.1) is 0 Å². The molecule has 1 saturated carbocycles. The molecule has 18 nitrogen and oxygen atoms in total. The molecule has 0 heterocycles. The van der Waals surface area contributed by atoms with Crippen molar-refractivity contribution in [3.8, 4) is 0 Å². The van der Waals surface area contributed by atoms with E-state index in [0.717, 1.165) is 32.1 Å². The van der Waals surface area contributed by atoms with Crippen LogP contribution in [-0.2, 0) is 41.8 Å². The lowest BCUT2D eigenvalue weighted by Gasteiger charge is -2.43. The molecule has 0 amide bonds. The van der Waals surface area contributed by atoms with Crippen molar-refractivity contribution < 1.29 is 87.1 Å². The topological polar surface area (TPSA) is 296 Å². The Labute approximate surface area is 431 Å². The van der Waals surface area contributed by atoms with Gasteiger partial charge in [0.2, 0.25) is 0 Å². The van der Waals surface area contributed by atoms with Crippen molar-refractivity contribution in [2.45, 2.75) is 172 Å². The van der Waals surface area contributed by atoms with Gasteiger partial charge in [0.25, 0.3) is 0 Å². The monoisotopic (exact) mass is 1070 g/mol. The summed E-state index contributed by atoms with van der Waals surface area (Å²) in [4.78, 5) is 54.3. The summed E-state index contributed by atoms with van der Waals surface area (Å²) in [7, 11) is -10.8. The number of aliphatic hydroxyl groups is 6. The molecule has 0 bridgehead atoms. The van der Waals surface area contributed by atoms with Crippen LogP contribution >= 0.6 is 15.6 Å². The van der Waals surface area contributed by atoms with Gasteiger partial charge in [0.1, 0.15) is 43.2 Å². The van der Waals surface area contributed by atoms with Gasteiger partial charge in [-0.3, -0.25) is 23.2 Å². The Hall–Kier alpha value is -3.94. The fourth-order valence-electron chi connectivity index (χ4n) is 6.51. The van der Waals surface area contributed by atoms with Gasteiger partial charge in [0, 0.05) is 12.8 Å². The smallest absolute Gasteiger partial charge is 0.462 e. The van der Waals surface area contributed by atoms with Gasteiger partial charge in [-0.1, -0.05) is 160 Å². The molecular weight excluding hydrogens is 987 g/mol. The normalized spacial score (nSPS) is 22.6. The van der Waals surface area contributed by atoms with Crippen molar-refractivity contribution in [1.82, 2.24) is 0 Å². The minimum Gasteiger partial charge on any atom is -0.462 e. The minimum absolute atomic E-state index is 0.0898. The van der Waals surface area contributed by atoms with E-state index in [1.165, 1.54) is 19.3 Å². The minimum atomic E-state index is -5.40. The molecule has 0 radical (unpaired) electrons. The van der Waals surface area contributed by atoms with Crippen LogP contribution in [0.3, 0.4) is 0 Å². The summed E-state index contributed by atoms with van der Waals surface area (Å²) in [6, 6.07) is 0. The van der Waals surface area contributed by atoms with Crippen LogP contribution in [-0.4, -0.2) is 125 Å². The highest BCUT2D eigenvalue weighted by Crippen LogP contribution is 2.49. The molecule has 1 fully saturated rings. The molecule has 1 aliphatic rings. The Bertz CT molecular complexity index is 1950. The first kappa shape index (κ1) is 67.1. The maximum Gasteiger partial charge on any atom is 0.472 e. The lowest BCUT2D eigenvalue weighted by atomic mass is 9.85. The Morgan fingerprint density at radius 2 is 1.08 bits per heavy atom. The number of carbonyl (C=O) groups is 2. The standard InChI is InChI=1S/C53H82O18P2/c1-3-5-7-8-9-10-11-12-13-14-15-16-17-18-19-20-24-27-33-40-47(57)69-45(42-68-73(65,66)71-53-50(60)48(58)49(59)52(51(53)61)70-72(62,63)64)41-67-46(56)39-34-28-32-38-44(55)37-31-26-23-21-22-25-30-36-43(54)35-29-6-4-2/h6,9-10,12-13,15-16,18-19,22-27,29-32,36-38,43-45,48-55,58-61H,3-5,7-8,11,14,17,20-21,28,33-35,39-42H2,1-2H3,(H,65,66)(H2,62,63,64)/b10-9-,13-12-,16-15-,19-18-,25-22-,26-23-,27-24-,29-6-,36-30+,37-31+,38-32-/t43-,44-,45-,48?,49?,50?,51?,52-,53+/m1/s1. The quantitative estimate of drug-likeness (QED) is 0.00926. The molecule has 0 aromatic rings. The van der Waals surface area contributed by atoms with E-state index in [1.807, 2.05) is 55.5 Å². The zero-order chi connectivity index (χ0) is 54.2. The average molecular weight is 1070 g/mol. The lowest BCUT2D eigenvalue weighted by Crippen LogP contribution is -2.64. The third kappa shape index (κ3) is 35.8. The van der Waals surface area contributed by atoms with Crippen molar-refractivity contribution in [3.05, 3.63) is 134 Å². The van der Waals surface area contributed by atoms with E-state index in [9.17, 15) is 64.0 Å². The zero-order valence-corrected chi connectivity index (χ0v) is 44.0. The predicted octanol–water partition coefficient (Wildman–Crippen LogP) is 8.00. The van der Waals surface area contributed by atoms with Crippen molar-refractivity contribution in [2.75, 3.05) is 13.2 Å². The first-order valence-electron chi connectivity index (χ1n) is 25.0. The number of esters is 2. The maximum atomic E-state index is 13.0. The zero-order valence-electron chi connectivity index (χ0n) is 42.2. The van der Waals surface area contributed by atoms with Crippen LogP contribution in [0.4, 0.5) is 0 Å². The van der Waals surface area contributed by atoms with Crippen LogP contribution in [0, 0.1) is 0 Å². The summed E-state index contributed by atoms with van der Waals surface area (Å²) >= 11 is 0. The van der Waals surface area contributed by atoms with Crippen LogP contribution in [0.5, 0.6) is 0 Å². The second-order valence-electron chi connectivity index (χ2n) is 16.8. The number of phosphoric acid groups is 2. The summed E-state index contributed by atoms with van der Waals surface area (Å²) in [5.41, 5.74) is 0. The molecule has 1 rings (SSSR count). The van der Waals surface area contributed by atoms with Gasteiger partial charge in [-0.25, -0.2) is 9.13 Å². The van der Waals surface area contributed by atoms with Crippen molar-refractivity contribution in [1.29, 1.82) is 0 Å². The Morgan fingerprint density at radius 1 is 0.534 bits per heavy atom. The van der Waals surface area contributed by atoms with Gasteiger partial charge in [0.15, 0.2) is 6.10 Å². The third-order valence-electron chi connectivity index (χ3n) is 10.4. The highest BCUT2D eigenvalue weighted by atomic mass is 31.2. The molecule has 0 spiro atoms. The van der Waals surface area contributed by atoms with Crippen molar-refractivity contribution >= 4 is 27.6 Å². The SMILES string of the molecule is CC/C=C\C[C@@H](O)/C=C/C=C\C/C=C\C=C\[C@@H](O)/C=C\CCCC(=O)OC[C@H](COP(=O)(O)O[C@H]1C(O)C(O)C(O)[C@@H](OP(=O)(O)O)C1O)OC(=O)CC/C=C\C/C=C\C/C=C\C/C=C\C/C=C\CCCCC. The molecule has 0 aromatic carbocycles. The molecule has 1 aliphatic carbocycles. The van der Waals surface area contributed by atoms with Crippen LogP contribution in [0.15, 0.2) is 134 Å². The second-order valence-corrected chi connectivity index (χ2v) is 19.4. The predicted molar refractivity (Wildman–Crippen MR) is 280 cm³/mol. The first-order chi connectivity index (χ1) is 34.9. The number of phosphoric ester groups is 2. The number of unbranched alkanes of at least 4 members (excludes halogenated alkanes) is 4. The Morgan fingerprint density at radius 3 is 1.67 bits per heavy atom. The first-order valence-corrected chi connectivity index (χ1v) is 28.0. The van der Waals surface area contributed by atoms with Crippen LogP contribution < -0.4 is 0 Å². The number of carbonyl (C=O) groups excluding carboxylic acids is 2. The highest BCUT2D eigenvalue weighted by molar-refractivity contribution is 7.47. The fourth-order valence-corrected chi connectivity index (χ4v) is 8.05. The summed E-state index contributed by atoms with van der Waals surface area (Å²) in [5.74, 6) is -1.50. The van der Waals surface area contributed by atoms with Gasteiger partial charge in [0.05, 0.1) is 18.8 Å². The second kappa shape index (κ2) is 41.3. The summed E-state index contributed by atoms with van der Waals surface area (Å²) < 4.78 is 49.2. The van der Waals surface area contributed by atoms with Crippen molar-refractivity contribution in [2.24, 2.45) is 0 Å². The molecule has 73 heavy (non-hydrogen) atoms. The van der Waals surface area contributed by atoms with E-state index in [1.54, 1.807) is 48.6 Å². The van der Waals surface area contributed by atoms with E-state index < -0.39 is 95.7 Å². The molecule has 20 heteroatoms. The van der Waals surface area contributed by atoms with Crippen molar-refractivity contribution in [3.63, 3.8) is 0 Å². The number of hydrogen-bond donors (Lipinski definition) is 9. The molecule has 0 saturated heterocycles. The summed E-state index contributed by atoms with van der Waals surface area (Å²) in [5, 5.41) is 61.4. The van der Waals surface area contributed by atoms with Gasteiger partial charge >= 0.3 is 27.6 Å². The molecule has 0 aliphatic heterocycles. The summed E-state index contributed by atoms with van der Waals surface area (Å²) in [6.07, 6.45) is 36.2. The highest BCUT2D eigenvalue weighted by Gasteiger charge is 2.54. The summed E-state index contributed by atoms with van der Waals surface area (Å²) in [6.45, 7) is 2.66. The molecule has 9 N–H and O–H groups in total. The largest absolute Gasteiger partial charge is 0.472 e. The number of hydrogen-bond acceptors (Lipinski definition) is 15. The molecular formula is C53H82O18P2.